The lowest BCUT2D eigenvalue weighted by atomic mass is 9.90. The molecule has 4 nitrogen and oxygen atoms in total. The first-order valence-electron chi connectivity index (χ1n) is 7.12. The van der Waals surface area contributed by atoms with Crippen molar-refractivity contribution in [2.45, 2.75) is 38.8 Å². The van der Waals surface area contributed by atoms with Gasteiger partial charge < -0.3 is 15.4 Å². The van der Waals surface area contributed by atoms with E-state index in [9.17, 15) is 13.6 Å². The van der Waals surface area contributed by atoms with Crippen molar-refractivity contribution in [1.82, 2.24) is 5.32 Å². The molecule has 1 aromatic carbocycles. The minimum Gasteiger partial charge on any atom is -0.435 e. The van der Waals surface area contributed by atoms with Crippen LogP contribution in [0.1, 0.15) is 26.2 Å². The van der Waals surface area contributed by atoms with Crippen LogP contribution < -0.4 is 15.4 Å². The van der Waals surface area contributed by atoms with Crippen LogP contribution in [0.25, 0.3) is 0 Å². The molecule has 1 amide bonds. The van der Waals surface area contributed by atoms with Crippen LogP contribution in [-0.4, -0.2) is 25.1 Å². The fourth-order valence-electron chi connectivity index (χ4n) is 2.52. The smallest absolute Gasteiger partial charge is 0.387 e. The number of amides is 1. The molecule has 0 aromatic heterocycles. The number of alkyl halides is 2. The number of carbonyl (C=O) groups is 1. The van der Waals surface area contributed by atoms with E-state index in [1.807, 2.05) is 0 Å². The predicted octanol–water partition coefficient (Wildman–Crippen LogP) is 3.00. The minimum atomic E-state index is -2.84. The third-order valence-corrected chi connectivity index (χ3v) is 3.70. The Morgan fingerprint density at radius 1 is 1.43 bits per heavy atom. The minimum absolute atomic E-state index is 0.0746. The number of halogens is 2. The van der Waals surface area contributed by atoms with E-state index in [0.29, 0.717) is 18.0 Å². The van der Waals surface area contributed by atoms with Gasteiger partial charge in [-0.15, -0.1) is 0 Å². The Hall–Kier alpha value is -1.69. The molecule has 2 rings (SSSR count). The molecule has 1 fully saturated rings. The lowest BCUT2D eigenvalue weighted by Crippen LogP contribution is -2.42. The summed E-state index contributed by atoms with van der Waals surface area (Å²) in [7, 11) is 0. The van der Waals surface area contributed by atoms with Crippen molar-refractivity contribution in [3.63, 3.8) is 0 Å². The van der Waals surface area contributed by atoms with Crippen LogP contribution in [0.4, 0.5) is 14.5 Å². The number of carbonyl (C=O) groups excluding carboxylic acids is 1. The highest BCUT2D eigenvalue weighted by Crippen LogP contribution is 2.20. The Morgan fingerprint density at radius 3 is 2.76 bits per heavy atom. The molecule has 0 radical (unpaired) electrons. The van der Waals surface area contributed by atoms with Crippen LogP contribution in [0.5, 0.6) is 5.75 Å². The average Bonchev–Trinajstić information content (AvgIpc) is 2.43. The SMILES string of the molecule is CC1CCCNC1CC(=O)Nc1ccc(OC(F)F)cc1. The summed E-state index contributed by atoms with van der Waals surface area (Å²) in [6.45, 7) is 0.243. The van der Waals surface area contributed by atoms with Crippen LogP contribution in [-0.2, 0) is 4.79 Å². The van der Waals surface area contributed by atoms with Gasteiger partial charge in [0.05, 0.1) is 0 Å². The number of anilines is 1. The summed E-state index contributed by atoms with van der Waals surface area (Å²) in [6, 6.07) is 6.10. The maximum absolute atomic E-state index is 12.0. The van der Waals surface area contributed by atoms with E-state index in [2.05, 4.69) is 22.3 Å². The fraction of sp³-hybridized carbons (Fsp3) is 0.533. The zero-order valence-electron chi connectivity index (χ0n) is 11.9. The van der Waals surface area contributed by atoms with Crippen LogP contribution in [0, 0.1) is 5.92 Å². The predicted molar refractivity (Wildman–Crippen MR) is 76.5 cm³/mol. The van der Waals surface area contributed by atoms with E-state index in [4.69, 9.17) is 0 Å². The number of nitrogens with one attached hydrogen (secondary N) is 2. The highest BCUT2D eigenvalue weighted by molar-refractivity contribution is 5.91. The quantitative estimate of drug-likeness (QED) is 0.878. The van der Waals surface area contributed by atoms with Crippen molar-refractivity contribution in [1.29, 1.82) is 0 Å². The number of piperidine rings is 1. The monoisotopic (exact) mass is 298 g/mol. The number of benzene rings is 1. The molecule has 1 saturated heterocycles. The molecule has 116 valence electrons. The van der Waals surface area contributed by atoms with Gasteiger partial charge in [-0.2, -0.15) is 8.78 Å². The molecule has 1 aliphatic rings. The fourth-order valence-corrected chi connectivity index (χ4v) is 2.52. The summed E-state index contributed by atoms with van der Waals surface area (Å²) in [4.78, 5) is 12.0. The highest BCUT2D eigenvalue weighted by atomic mass is 19.3. The molecule has 6 heteroatoms. The third kappa shape index (κ3) is 4.97. The van der Waals surface area contributed by atoms with E-state index in [1.165, 1.54) is 12.1 Å². The zero-order valence-corrected chi connectivity index (χ0v) is 11.9. The first-order valence-corrected chi connectivity index (χ1v) is 7.12. The summed E-state index contributed by atoms with van der Waals surface area (Å²) in [6.07, 6.45) is 2.69. The van der Waals surface area contributed by atoms with E-state index in [-0.39, 0.29) is 17.7 Å². The first-order chi connectivity index (χ1) is 10.0. The second kappa shape index (κ2) is 7.36. The van der Waals surface area contributed by atoms with E-state index >= 15 is 0 Å². The van der Waals surface area contributed by atoms with Crippen molar-refractivity contribution >= 4 is 11.6 Å². The highest BCUT2D eigenvalue weighted by Gasteiger charge is 2.23. The molecule has 2 N–H and O–H groups in total. The maximum Gasteiger partial charge on any atom is 0.387 e. The van der Waals surface area contributed by atoms with E-state index < -0.39 is 6.61 Å². The van der Waals surface area contributed by atoms with Gasteiger partial charge >= 0.3 is 6.61 Å². The van der Waals surface area contributed by atoms with Crippen molar-refractivity contribution in [2.24, 2.45) is 5.92 Å². The Balaban J connectivity index is 1.84. The summed E-state index contributed by atoms with van der Waals surface area (Å²) >= 11 is 0. The normalized spacial score (nSPS) is 22.1. The molecule has 0 spiro atoms. The van der Waals surface area contributed by atoms with Gasteiger partial charge in [0, 0.05) is 18.2 Å². The van der Waals surface area contributed by atoms with Crippen molar-refractivity contribution in [3.05, 3.63) is 24.3 Å². The number of ether oxygens (including phenoxy) is 1. The summed E-state index contributed by atoms with van der Waals surface area (Å²) in [5.41, 5.74) is 0.574. The van der Waals surface area contributed by atoms with Crippen molar-refractivity contribution < 1.29 is 18.3 Å². The molecular formula is C15H20F2N2O2. The Morgan fingerprint density at radius 2 is 2.14 bits per heavy atom. The summed E-state index contributed by atoms with van der Waals surface area (Å²) < 4.78 is 28.3. The van der Waals surface area contributed by atoms with Gasteiger partial charge in [-0.05, 0) is 49.6 Å². The molecule has 1 heterocycles. The van der Waals surface area contributed by atoms with Gasteiger partial charge in [-0.1, -0.05) is 6.92 Å². The Kier molecular flexibility index (Phi) is 5.50. The summed E-state index contributed by atoms with van der Waals surface area (Å²) in [5.74, 6) is 0.473. The molecule has 0 aliphatic carbocycles. The van der Waals surface area contributed by atoms with Crippen molar-refractivity contribution in [2.75, 3.05) is 11.9 Å². The number of hydrogen-bond donors (Lipinski definition) is 2. The molecular weight excluding hydrogens is 278 g/mol. The zero-order chi connectivity index (χ0) is 15.2. The van der Waals surface area contributed by atoms with Crippen molar-refractivity contribution in [3.8, 4) is 5.75 Å². The standard InChI is InChI=1S/C15H20F2N2O2/c1-10-3-2-8-18-13(10)9-14(20)19-11-4-6-12(7-5-11)21-15(16)17/h4-7,10,13,15,18H,2-3,8-9H2,1H3,(H,19,20). The van der Waals surface area contributed by atoms with Crippen LogP contribution in [0.2, 0.25) is 0 Å². The summed E-state index contributed by atoms with van der Waals surface area (Å²) in [5, 5.41) is 6.12. The van der Waals surface area contributed by atoms with E-state index in [0.717, 1.165) is 19.4 Å². The first kappa shape index (κ1) is 15.7. The second-order valence-corrected chi connectivity index (χ2v) is 5.34. The third-order valence-electron chi connectivity index (χ3n) is 3.70. The Bertz CT molecular complexity index is 465. The molecule has 1 aromatic rings. The molecule has 21 heavy (non-hydrogen) atoms. The largest absolute Gasteiger partial charge is 0.435 e. The lowest BCUT2D eigenvalue weighted by Gasteiger charge is -2.29. The van der Waals surface area contributed by atoms with Crippen LogP contribution >= 0.6 is 0 Å². The molecule has 2 unspecified atom stereocenters. The topological polar surface area (TPSA) is 50.4 Å². The van der Waals surface area contributed by atoms with Gasteiger partial charge in [-0.3, -0.25) is 4.79 Å². The Labute approximate surface area is 122 Å². The second-order valence-electron chi connectivity index (χ2n) is 5.34. The van der Waals surface area contributed by atoms with Crippen LogP contribution in [0.3, 0.4) is 0 Å². The molecule has 1 aliphatic heterocycles. The molecule has 2 atom stereocenters. The van der Waals surface area contributed by atoms with Gasteiger partial charge in [0.2, 0.25) is 5.91 Å². The molecule has 0 bridgehead atoms. The lowest BCUT2D eigenvalue weighted by molar-refractivity contribution is -0.117. The van der Waals surface area contributed by atoms with Gasteiger partial charge in [0.1, 0.15) is 5.75 Å². The van der Waals surface area contributed by atoms with Crippen LogP contribution in [0.15, 0.2) is 24.3 Å². The van der Waals surface area contributed by atoms with E-state index in [1.54, 1.807) is 12.1 Å². The number of rotatable bonds is 5. The van der Waals surface area contributed by atoms with Gasteiger partial charge in [0.15, 0.2) is 0 Å². The number of hydrogen-bond acceptors (Lipinski definition) is 3. The molecule has 0 saturated carbocycles. The average molecular weight is 298 g/mol. The maximum atomic E-state index is 12.0. The van der Waals surface area contributed by atoms with Gasteiger partial charge in [0.25, 0.3) is 0 Å². The van der Waals surface area contributed by atoms with Gasteiger partial charge in [-0.25, -0.2) is 0 Å².